The number of methoxy groups -OCH3 is 3. The molecule has 0 bridgehead atoms. The second-order valence-electron chi connectivity index (χ2n) is 6.87. The van der Waals surface area contributed by atoms with Gasteiger partial charge in [0.2, 0.25) is 12.2 Å². The van der Waals surface area contributed by atoms with Crippen molar-refractivity contribution in [3.8, 4) is 17.2 Å². The third kappa shape index (κ3) is 3.32. The molecule has 2 unspecified atom stereocenters. The fourth-order valence-corrected chi connectivity index (χ4v) is 3.41. The van der Waals surface area contributed by atoms with Crippen molar-refractivity contribution < 1.29 is 24.0 Å². The van der Waals surface area contributed by atoms with E-state index in [9.17, 15) is 5.11 Å². The SMILES string of the molecule is COc1ccc(CN[N+]23C=Nc4c(OC)cccc4C2=NC(C(C)O)=N3)c(OC)c1. The fourth-order valence-electron chi connectivity index (χ4n) is 3.41. The minimum absolute atomic E-state index is 0.171. The number of ether oxygens (including phenoxy) is 3. The maximum Gasteiger partial charge on any atom is 0.292 e. The van der Waals surface area contributed by atoms with E-state index in [0.29, 0.717) is 41.2 Å². The Morgan fingerprint density at radius 2 is 1.87 bits per heavy atom. The molecule has 0 saturated carbocycles. The van der Waals surface area contributed by atoms with Crippen LogP contribution in [0, 0.1) is 0 Å². The van der Waals surface area contributed by atoms with Crippen molar-refractivity contribution in [1.29, 1.82) is 0 Å². The molecule has 0 saturated heterocycles. The molecule has 0 aromatic heterocycles. The van der Waals surface area contributed by atoms with Gasteiger partial charge < -0.3 is 19.3 Å². The third-order valence-corrected chi connectivity index (χ3v) is 5.00. The summed E-state index contributed by atoms with van der Waals surface area (Å²) >= 11 is 0. The molecule has 2 aliphatic heterocycles. The van der Waals surface area contributed by atoms with Crippen LogP contribution < -0.4 is 19.6 Å². The van der Waals surface area contributed by atoms with E-state index in [2.05, 4.69) is 20.5 Å². The Balaban J connectivity index is 1.72. The average molecular weight is 410 g/mol. The highest BCUT2D eigenvalue weighted by Crippen LogP contribution is 2.38. The van der Waals surface area contributed by atoms with Crippen molar-refractivity contribution in [2.45, 2.75) is 19.6 Å². The molecule has 156 valence electrons. The van der Waals surface area contributed by atoms with E-state index in [1.807, 2.05) is 36.4 Å². The largest absolute Gasteiger partial charge is 0.497 e. The zero-order valence-electron chi connectivity index (χ0n) is 17.3. The number of fused-ring (bicyclic) bond motifs is 3. The van der Waals surface area contributed by atoms with Crippen LogP contribution in [0.1, 0.15) is 18.1 Å². The lowest BCUT2D eigenvalue weighted by Gasteiger charge is -2.27. The van der Waals surface area contributed by atoms with Crippen LogP contribution in [0.2, 0.25) is 0 Å². The van der Waals surface area contributed by atoms with E-state index < -0.39 is 6.10 Å². The van der Waals surface area contributed by atoms with Gasteiger partial charge >= 0.3 is 0 Å². The van der Waals surface area contributed by atoms with Gasteiger partial charge in [0.25, 0.3) is 5.84 Å². The summed E-state index contributed by atoms with van der Waals surface area (Å²) in [6, 6.07) is 11.3. The number of aliphatic hydroxyl groups excluding tert-OH is 1. The highest BCUT2D eigenvalue weighted by atomic mass is 16.5. The van der Waals surface area contributed by atoms with Gasteiger partial charge in [-0.2, -0.15) is 9.98 Å². The molecule has 9 heteroatoms. The Kier molecular flexibility index (Phi) is 5.25. The zero-order valence-corrected chi connectivity index (χ0v) is 17.3. The standard InChI is InChI=1S/C21H24N5O4/c1-13(27)20-24-21-16-6-5-7-17(29-3)19(16)22-12-26(21,25-20)23-11-14-8-9-15(28-2)10-18(14)30-4/h5-10,12-13,23,27H,11H2,1-4H3/q+1. The Labute approximate surface area is 174 Å². The first kappa shape index (κ1) is 20.0. The molecule has 0 amide bonds. The van der Waals surface area contributed by atoms with Crippen LogP contribution in [-0.4, -0.2) is 55.3 Å². The molecule has 2 heterocycles. The third-order valence-electron chi connectivity index (χ3n) is 5.00. The van der Waals surface area contributed by atoms with E-state index in [1.54, 1.807) is 34.6 Å². The molecule has 2 aliphatic rings. The first-order chi connectivity index (χ1) is 14.5. The highest BCUT2D eigenvalue weighted by Gasteiger charge is 2.46. The molecule has 2 aromatic carbocycles. The number of rotatable bonds is 7. The minimum atomic E-state index is -0.821. The highest BCUT2D eigenvalue weighted by molar-refractivity contribution is 6.12. The van der Waals surface area contributed by atoms with E-state index in [0.717, 1.165) is 11.1 Å². The fraction of sp³-hybridized carbons (Fsp3) is 0.286. The van der Waals surface area contributed by atoms with Crippen molar-refractivity contribution in [3.05, 3.63) is 47.5 Å². The van der Waals surface area contributed by atoms with Crippen molar-refractivity contribution in [3.63, 3.8) is 0 Å². The van der Waals surface area contributed by atoms with E-state index in [4.69, 9.17) is 14.2 Å². The number of hydrogen-bond acceptors (Lipinski definition) is 8. The van der Waals surface area contributed by atoms with Gasteiger partial charge in [0, 0.05) is 11.6 Å². The summed E-state index contributed by atoms with van der Waals surface area (Å²) in [6.45, 7) is 2.04. The van der Waals surface area contributed by atoms with Gasteiger partial charge in [0.1, 0.15) is 29.0 Å². The lowest BCUT2D eigenvalue weighted by Crippen LogP contribution is -2.56. The van der Waals surface area contributed by atoms with E-state index in [-0.39, 0.29) is 4.70 Å². The minimum Gasteiger partial charge on any atom is -0.497 e. The zero-order chi connectivity index (χ0) is 21.3. The van der Waals surface area contributed by atoms with Gasteiger partial charge in [-0.3, -0.25) is 0 Å². The van der Waals surface area contributed by atoms with Crippen LogP contribution in [0.15, 0.2) is 51.5 Å². The van der Waals surface area contributed by atoms with Crippen LogP contribution in [0.5, 0.6) is 17.2 Å². The molecule has 2 aromatic rings. The van der Waals surface area contributed by atoms with Crippen LogP contribution in [0.4, 0.5) is 5.69 Å². The van der Waals surface area contributed by atoms with Gasteiger partial charge in [0.05, 0.1) is 33.4 Å². The Hall–Kier alpha value is -3.27. The molecule has 9 nitrogen and oxygen atoms in total. The Bertz CT molecular complexity index is 1060. The number of aliphatic imine (C=N–C) groups is 2. The monoisotopic (exact) mass is 410 g/mol. The lowest BCUT2D eigenvalue weighted by atomic mass is 10.1. The number of nitrogens with zero attached hydrogens (tertiary/aromatic N) is 4. The number of aliphatic hydroxyl groups is 1. The second-order valence-corrected chi connectivity index (χ2v) is 6.87. The van der Waals surface area contributed by atoms with E-state index >= 15 is 0 Å². The van der Waals surface area contributed by atoms with Gasteiger partial charge in [-0.15, -0.1) is 5.43 Å². The number of benzene rings is 2. The summed E-state index contributed by atoms with van der Waals surface area (Å²) in [5.41, 5.74) is 5.76. The molecular weight excluding hydrogens is 386 g/mol. The topological polar surface area (TPSA) is 97.0 Å². The average Bonchev–Trinajstić information content (AvgIpc) is 3.18. The summed E-state index contributed by atoms with van der Waals surface area (Å²) in [5.74, 6) is 2.98. The van der Waals surface area contributed by atoms with Gasteiger partial charge in [-0.1, -0.05) is 12.1 Å². The van der Waals surface area contributed by atoms with Gasteiger partial charge in [0.15, 0.2) is 0 Å². The Morgan fingerprint density at radius 1 is 1.07 bits per heavy atom. The van der Waals surface area contributed by atoms with Crippen LogP contribution in [0.3, 0.4) is 0 Å². The Morgan fingerprint density at radius 3 is 2.57 bits per heavy atom. The molecule has 0 radical (unpaired) electrons. The number of nitrogens with one attached hydrogen (secondary N) is 1. The lowest BCUT2D eigenvalue weighted by molar-refractivity contribution is -0.797. The summed E-state index contributed by atoms with van der Waals surface area (Å²) in [7, 11) is 4.83. The molecule has 30 heavy (non-hydrogen) atoms. The summed E-state index contributed by atoms with van der Waals surface area (Å²) in [6.07, 6.45) is 0.826. The smallest absolute Gasteiger partial charge is 0.292 e. The van der Waals surface area contributed by atoms with Crippen molar-refractivity contribution in [2.24, 2.45) is 15.1 Å². The number of amidine groups is 2. The summed E-state index contributed by atoms with van der Waals surface area (Å²) < 4.78 is 16.0. The molecule has 0 spiro atoms. The predicted octanol–water partition coefficient (Wildman–Crippen LogP) is 2.36. The predicted molar refractivity (Wildman–Crippen MR) is 113 cm³/mol. The second kappa shape index (κ2) is 7.86. The van der Waals surface area contributed by atoms with Crippen LogP contribution in [-0.2, 0) is 6.54 Å². The van der Waals surface area contributed by atoms with Crippen molar-refractivity contribution >= 4 is 23.7 Å². The molecular formula is C21H24N5O4+. The molecule has 0 aliphatic carbocycles. The van der Waals surface area contributed by atoms with Gasteiger partial charge in [-0.05, 0) is 34.9 Å². The van der Waals surface area contributed by atoms with Gasteiger partial charge in [-0.25, -0.2) is 0 Å². The number of para-hydroxylation sites is 1. The quantitative estimate of drug-likeness (QED) is 0.683. The number of hydrogen-bond donors (Lipinski definition) is 2. The van der Waals surface area contributed by atoms with Crippen LogP contribution in [0.25, 0.3) is 0 Å². The van der Waals surface area contributed by atoms with Crippen LogP contribution >= 0.6 is 0 Å². The maximum atomic E-state index is 10.1. The summed E-state index contributed by atoms with van der Waals surface area (Å²) in [5, 5.41) is 14.7. The normalized spacial score (nSPS) is 20.0. The first-order valence-corrected chi connectivity index (χ1v) is 9.46. The molecule has 2 atom stereocenters. The van der Waals surface area contributed by atoms with Crippen molar-refractivity contribution in [1.82, 2.24) is 5.43 Å². The summed E-state index contributed by atoms with van der Waals surface area (Å²) in [4.78, 5) is 9.20. The molecule has 0 fully saturated rings. The maximum absolute atomic E-state index is 10.1. The number of quaternary nitrogens is 1. The van der Waals surface area contributed by atoms with Crippen molar-refractivity contribution in [2.75, 3.05) is 21.3 Å². The molecule has 4 rings (SSSR count). The molecule has 2 N–H and O–H groups in total. The first-order valence-electron chi connectivity index (χ1n) is 9.46. The van der Waals surface area contributed by atoms with E-state index in [1.165, 1.54) is 0 Å².